The summed E-state index contributed by atoms with van der Waals surface area (Å²) in [5.74, 6) is 0.0129. The molecule has 0 atom stereocenters. The number of carbonyl (C=O) groups is 1. The molecule has 1 heterocycles. The number of phenolic OH excluding ortho intramolecular Hbond substituents is 1. The third-order valence-corrected chi connectivity index (χ3v) is 4.58. The highest BCUT2D eigenvalue weighted by Crippen LogP contribution is 2.30. The number of fused-ring (bicyclic) bond motifs is 1. The van der Waals surface area contributed by atoms with Crippen LogP contribution in [0.3, 0.4) is 0 Å². The lowest BCUT2D eigenvalue weighted by Crippen LogP contribution is -2.11. The molecule has 21 heavy (non-hydrogen) atoms. The largest absolute Gasteiger partial charge is 0.504 e. The van der Waals surface area contributed by atoms with E-state index in [9.17, 15) is 9.90 Å². The van der Waals surface area contributed by atoms with E-state index in [4.69, 9.17) is 4.74 Å². The summed E-state index contributed by atoms with van der Waals surface area (Å²) in [5.41, 5.74) is 1.49. The first kappa shape index (κ1) is 13.9. The van der Waals surface area contributed by atoms with Gasteiger partial charge in [-0.15, -0.1) is 11.3 Å². The number of aryl methyl sites for hydroxylation is 2. The van der Waals surface area contributed by atoms with Crippen molar-refractivity contribution in [2.24, 2.45) is 0 Å². The van der Waals surface area contributed by atoms with Gasteiger partial charge in [0.25, 0.3) is 5.91 Å². The highest BCUT2D eigenvalue weighted by atomic mass is 32.1. The number of ether oxygens (including phenoxy) is 1. The minimum absolute atomic E-state index is 0.0522. The van der Waals surface area contributed by atoms with Gasteiger partial charge >= 0.3 is 0 Å². The van der Waals surface area contributed by atoms with Gasteiger partial charge in [-0.2, -0.15) is 0 Å². The molecule has 0 bridgehead atoms. The second-order valence-corrected chi connectivity index (χ2v) is 6.02. The number of aromatic hydroxyl groups is 1. The Morgan fingerprint density at radius 2 is 2.19 bits per heavy atom. The van der Waals surface area contributed by atoms with Crippen molar-refractivity contribution in [2.75, 3.05) is 12.4 Å². The first-order valence-corrected chi connectivity index (χ1v) is 7.66. The molecule has 1 amide bonds. The van der Waals surface area contributed by atoms with E-state index < -0.39 is 0 Å². The molecule has 0 aliphatic heterocycles. The quantitative estimate of drug-likeness (QED) is 0.914. The molecule has 2 aromatic rings. The molecule has 1 aliphatic carbocycles. The van der Waals surface area contributed by atoms with Crippen molar-refractivity contribution in [3.8, 4) is 11.5 Å². The number of hydrogen-bond donors (Lipinski definition) is 2. The van der Waals surface area contributed by atoms with Gasteiger partial charge in [0, 0.05) is 10.4 Å². The lowest BCUT2D eigenvalue weighted by molar-refractivity contribution is 0.102. The molecule has 2 N–H and O–H groups in total. The monoisotopic (exact) mass is 304 g/mol. The van der Waals surface area contributed by atoms with Crippen molar-refractivity contribution in [3.05, 3.63) is 34.3 Å². The summed E-state index contributed by atoms with van der Waals surface area (Å²) in [6.07, 6.45) is 4.39. The zero-order valence-corrected chi connectivity index (χ0v) is 12.5. The fourth-order valence-electron chi connectivity index (χ4n) is 2.41. The van der Waals surface area contributed by atoms with E-state index >= 15 is 0 Å². The number of amides is 1. The van der Waals surface area contributed by atoms with E-state index in [0.717, 1.165) is 25.0 Å². The molecular weight excluding hydrogens is 288 g/mol. The molecule has 6 heteroatoms. The number of anilines is 1. The highest BCUT2D eigenvalue weighted by molar-refractivity contribution is 7.15. The number of rotatable bonds is 3. The number of aromatic nitrogens is 1. The Bertz CT molecular complexity index is 658. The van der Waals surface area contributed by atoms with Gasteiger partial charge in [0.05, 0.1) is 12.8 Å². The van der Waals surface area contributed by atoms with Gasteiger partial charge < -0.3 is 9.84 Å². The average Bonchev–Trinajstić information content (AvgIpc) is 2.89. The number of benzene rings is 1. The molecular formula is C15H16N2O3S. The molecule has 1 aromatic carbocycles. The van der Waals surface area contributed by atoms with Gasteiger partial charge in [-0.05, 0) is 43.9 Å². The Labute approximate surface area is 126 Å². The van der Waals surface area contributed by atoms with Crippen LogP contribution >= 0.6 is 11.3 Å². The fraction of sp³-hybridized carbons (Fsp3) is 0.333. The van der Waals surface area contributed by atoms with Crippen LogP contribution in [0, 0.1) is 0 Å². The second-order valence-electron chi connectivity index (χ2n) is 4.94. The Hall–Kier alpha value is -2.08. The van der Waals surface area contributed by atoms with E-state index in [1.165, 1.54) is 35.8 Å². The summed E-state index contributed by atoms with van der Waals surface area (Å²) in [6.45, 7) is 0. The van der Waals surface area contributed by atoms with E-state index in [2.05, 4.69) is 10.3 Å². The molecule has 0 saturated heterocycles. The number of methoxy groups -OCH3 is 1. The third kappa shape index (κ3) is 2.85. The van der Waals surface area contributed by atoms with Crippen LogP contribution in [0.25, 0.3) is 0 Å². The number of phenols is 1. The maximum absolute atomic E-state index is 12.2. The first-order valence-electron chi connectivity index (χ1n) is 6.84. The van der Waals surface area contributed by atoms with Crippen LogP contribution in [0.4, 0.5) is 5.13 Å². The zero-order valence-electron chi connectivity index (χ0n) is 11.7. The van der Waals surface area contributed by atoms with Crippen LogP contribution in [-0.2, 0) is 12.8 Å². The molecule has 3 rings (SSSR count). The normalized spacial score (nSPS) is 13.6. The highest BCUT2D eigenvalue weighted by Gasteiger charge is 2.17. The maximum Gasteiger partial charge on any atom is 0.257 e. The smallest absolute Gasteiger partial charge is 0.257 e. The molecule has 0 saturated carbocycles. The van der Waals surface area contributed by atoms with E-state index in [-0.39, 0.29) is 11.7 Å². The van der Waals surface area contributed by atoms with Crippen LogP contribution < -0.4 is 10.1 Å². The van der Waals surface area contributed by atoms with Crippen LogP contribution in [0.15, 0.2) is 18.2 Å². The lowest BCUT2D eigenvalue weighted by Gasteiger charge is -2.06. The van der Waals surface area contributed by atoms with Crippen molar-refractivity contribution >= 4 is 22.4 Å². The van der Waals surface area contributed by atoms with Crippen LogP contribution in [0.5, 0.6) is 11.5 Å². The van der Waals surface area contributed by atoms with Gasteiger partial charge in [-0.25, -0.2) is 4.98 Å². The fourth-order valence-corrected chi connectivity index (χ4v) is 3.45. The number of thiazole rings is 1. The number of hydrogen-bond acceptors (Lipinski definition) is 5. The molecule has 1 aromatic heterocycles. The Balaban J connectivity index is 1.76. The van der Waals surface area contributed by atoms with E-state index in [1.807, 2.05) is 0 Å². The lowest BCUT2D eigenvalue weighted by atomic mass is 10.0. The molecule has 110 valence electrons. The van der Waals surface area contributed by atoms with Crippen LogP contribution in [0.1, 0.15) is 33.8 Å². The van der Waals surface area contributed by atoms with Gasteiger partial charge in [0.1, 0.15) is 0 Å². The van der Waals surface area contributed by atoms with E-state index in [1.54, 1.807) is 12.1 Å². The molecule has 0 radical (unpaired) electrons. The maximum atomic E-state index is 12.2. The summed E-state index contributed by atoms with van der Waals surface area (Å²) in [4.78, 5) is 17.9. The number of nitrogens with one attached hydrogen (secondary N) is 1. The van der Waals surface area contributed by atoms with Crippen LogP contribution in [0.2, 0.25) is 0 Å². The molecule has 0 spiro atoms. The minimum Gasteiger partial charge on any atom is -0.504 e. The first-order chi connectivity index (χ1) is 10.2. The predicted molar refractivity (Wildman–Crippen MR) is 81.4 cm³/mol. The van der Waals surface area contributed by atoms with Gasteiger partial charge in [0.15, 0.2) is 16.6 Å². The second kappa shape index (κ2) is 5.73. The Morgan fingerprint density at radius 1 is 1.38 bits per heavy atom. The van der Waals surface area contributed by atoms with Gasteiger partial charge in [-0.1, -0.05) is 0 Å². The minimum atomic E-state index is -0.279. The number of carbonyl (C=O) groups excluding carboxylic acids is 1. The van der Waals surface area contributed by atoms with Gasteiger partial charge in [0.2, 0.25) is 0 Å². The SMILES string of the molecule is COc1ccc(C(=O)Nc2nc3c(s2)CCCC3)cc1O. The molecule has 0 fully saturated rings. The summed E-state index contributed by atoms with van der Waals surface area (Å²) in [6, 6.07) is 4.57. The summed E-state index contributed by atoms with van der Waals surface area (Å²) in [7, 11) is 1.47. The summed E-state index contributed by atoms with van der Waals surface area (Å²) < 4.78 is 4.96. The summed E-state index contributed by atoms with van der Waals surface area (Å²) in [5, 5.41) is 13.1. The average molecular weight is 304 g/mol. The van der Waals surface area contributed by atoms with Crippen molar-refractivity contribution in [1.29, 1.82) is 0 Å². The summed E-state index contributed by atoms with van der Waals surface area (Å²) >= 11 is 1.54. The Morgan fingerprint density at radius 3 is 2.90 bits per heavy atom. The van der Waals surface area contributed by atoms with Crippen LogP contribution in [-0.4, -0.2) is 23.1 Å². The predicted octanol–water partition coefficient (Wildman–Crippen LogP) is 2.99. The molecule has 5 nitrogen and oxygen atoms in total. The van der Waals surface area contributed by atoms with E-state index in [0.29, 0.717) is 16.4 Å². The molecule has 1 aliphatic rings. The standard InChI is InChI=1S/C15H16N2O3S/c1-20-12-7-6-9(8-11(12)18)14(19)17-15-16-10-4-2-3-5-13(10)21-15/h6-8,18H,2-5H2,1H3,(H,16,17,19). The topological polar surface area (TPSA) is 71.5 Å². The Kier molecular flexibility index (Phi) is 3.79. The van der Waals surface area contributed by atoms with Crippen molar-refractivity contribution < 1.29 is 14.6 Å². The van der Waals surface area contributed by atoms with Crippen molar-refractivity contribution in [1.82, 2.24) is 4.98 Å². The molecule has 0 unspecified atom stereocenters. The van der Waals surface area contributed by atoms with Gasteiger partial charge in [-0.3, -0.25) is 10.1 Å². The zero-order chi connectivity index (χ0) is 14.8. The third-order valence-electron chi connectivity index (χ3n) is 3.51. The van der Waals surface area contributed by atoms with Crippen molar-refractivity contribution in [3.63, 3.8) is 0 Å². The number of nitrogens with zero attached hydrogens (tertiary/aromatic N) is 1. The van der Waals surface area contributed by atoms with Crippen molar-refractivity contribution in [2.45, 2.75) is 25.7 Å².